The van der Waals surface area contributed by atoms with E-state index >= 15 is 0 Å². The van der Waals surface area contributed by atoms with Crippen LogP contribution >= 0.6 is 0 Å². The van der Waals surface area contributed by atoms with Gasteiger partial charge in [-0.3, -0.25) is 0 Å². The van der Waals surface area contributed by atoms with Crippen molar-refractivity contribution in [1.29, 1.82) is 0 Å². The summed E-state index contributed by atoms with van der Waals surface area (Å²) in [6.45, 7) is 9.69. The number of hydrogen-bond acceptors (Lipinski definition) is 4. The largest absolute Gasteiger partial charge is 0.508 e. The standard InChI is InChI=1S/C8H10O2.2C8H10O.CH4/c1-6-3-4-8(10-2)7(9)5-6;1-6-3-7(2)5-8(9)4-6;1-6-3-4-7(2)8(9)5-6;/h3-5,9H,1-2H3;2*3-5,9H,1-2H3;1H4. The number of aryl methyl sites for hydroxylation is 5. The van der Waals surface area contributed by atoms with Gasteiger partial charge in [-0.05, 0) is 92.8 Å². The molecule has 0 aliphatic heterocycles. The van der Waals surface area contributed by atoms with E-state index < -0.39 is 0 Å². The Labute approximate surface area is 175 Å². The lowest BCUT2D eigenvalue weighted by atomic mass is 10.1. The van der Waals surface area contributed by atoms with Gasteiger partial charge in [-0.1, -0.05) is 31.7 Å². The van der Waals surface area contributed by atoms with E-state index in [0.29, 0.717) is 17.2 Å². The van der Waals surface area contributed by atoms with E-state index in [1.807, 2.05) is 58.9 Å². The molecule has 0 bridgehead atoms. The predicted octanol–water partition coefficient (Wildman–Crippen LogP) is 6.36. The number of benzene rings is 3. The van der Waals surface area contributed by atoms with Crippen LogP contribution in [0.4, 0.5) is 0 Å². The highest BCUT2D eigenvalue weighted by atomic mass is 16.5. The van der Waals surface area contributed by atoms with Gasteiger partial charge in [-0.25, -0.2) is 0 Å². The summed E-state index contributed by atoms with van der Waals surface area (Å²) in [6.07, 6.45) is 0. The van der Waals surface area contributed by atoms with Crippen LogP contribution < -0.4 is 4.74 Å². The quantitative estimate of drug-likeness (QED) is 0.446. The van der Waals surface area contributed by atoms with Crippen LogP contribution in [0.15, 0.2) is 54.6 Å². The van der Waals surface area contributed by atoms with Crippen molar-refractivity contribution in [2.75, 3.05) is 7.11 Å². The van der Waals surface area contributed by atoms with Gasteiger partial charge in [0.25, 0.3) is 0 Å². The fraction of sp³-hybridized carbons (Fsp3) is 0.280. The molecule has 0 aliphatic rings. The van der Waals surface area contributed by atoms with Crippen molar-refractivity contribution in [1.82, 2.24) is 0 Å². The Bertz CT molecular complexity index is 851. The molecule has 3 aromatic carbocycles. The minimum atomic E-state index is 0. The molecule has 0 radical (unpaired) electrons. The number of rotatable bonds is 1. The Morgan fingerprint density at radius 1 is 0.586 bits per heavy atom. The van der Waals surface area contributed by atoms with Crippen molar-refractivity contribution in [2.24, 2.45) is 0 Å². The van der Waals surface area contributed by atoms with Crippen molar-refractivity contribution in [3.63, 3.8) is 0 Å². The summed E-state index contributed by atoms with van der Waals surface area (Å²) in [5.74, 6) is 1.45. The minimum Gasteiger partial charge on any atom is -0.508 e. The van der Waals surface area contributed by atoms with Gasteiger partial charge in [-0.15, -0.1) is 0 Å². The van der Waals surface area contributed by atoms with Crippen LogP contribution in [0, 0.1) is 34.6 Å². The van der Waals surface area contributed by atoms with Gasteiger partial charge in [0.15, 0.2) is 11.5 Å². The maximum atomic E-state index is 9.17. The highest BCUT2D eigenvalue weighted by Crippen LogP contribution is 2.25. The summed E-state index contributed by atoms with van der Waals surface area (Å²) in [4.78, 5) is 0. The number of ether oxygens (including phenoxy) is 1. The molecule has 0 aliphatic carbocycles. The molecule has 0 aromatic heterocycles. The van der Waals surface area contributed by atoms with Gasteiger partial charge in [-0.2, -0.15) is 0 Å². The summed E-state index contributed by atoms with van der Waals surface area (Å²) < 4.78 is 4.85. The van der Waals surface area contributed by atoms with E-state index in [9.17, 15) is 0 Å². The van der Waals surface area contributed by atoms with Gasteiger partial charge < -0.3 is 20.1 Å². The summed E-state index contributed by atoms with van der Waals surface area (Å²) in [7, 11) is 1.53. The van der Waals surface area contributed by atoms with E-state index in [1.165, 1.54) is 7.11 Å². The maximum absolute atomic E-state index is 9.17. The molecule has 4 heteroatoms. The number of phenolic OH excluding ortho intramolecular Hbond substituents is 3. The van der Waals surface area contributed by atoms with Gasteiger partial charge in [0.1, 0.15) is 11.5 Å². The summed E-state index contributed by atoms with van der Waals surface area (Å²) in [6, 6.07) is 16.5. The number of hydrogen-bond donors (Lipinski definition) is 3. The van der Waals surface area contributed by atoms with Gasteiger partial charge in [0.2, 0.25) is 0 Å². The molecule has 0 spiro atoms. The van der Waals surface area contributed by atoms with E-state index in [2.05, 4.69) is 0 Å². The zero-order valence-electron chi connectivity index (χ0n) is 17.4. The second-order valence-electron chi connectivity index (χ2n) is 6.81. The zero-order valence-corrected chi connectivity index (χ0v) is 17.4. The molecule has 29 heavy (non-hydrogen) atoms. The Balaban J connectivity index is 0.000000399. The SMILES string of the molecule is C.COc1ccc(C)cc1O.Cc1cc(C)cc(O)c1.Cc1ccc(C)c(O)c1. The number of phenols is 3. The molecule has 0 fully saturated rings. The molecule has 158 valence electrons. The lowest BCUT2D eigenvalue weighted by Gasteiger charge is -2.01. The molecular weight excluding hydrogens is 364 g/mol. The van der Waals surface area contributed by atoms with Crippen LogP contribution in [0.5, 0.6) is 23.0 Å². The molecule has 3 aromatic rings. The Morgan fingerprint density at radius 2 is 1.07 bits per heavy atom. The molecule has 3 N–H and O–H groups in total. The molecule has 0 saturated carbocycles. The van der Waals surface area contributed by atoms with Crippen LogP contribution in [0.25, 0.3) is 0 Å². The second-order valence-corrected chi connectivity index (χ2v) is 6.81. The Morgan fingerprint density at radius 3 is 1.45 bits per heavy atom. The Kier molecular flexibility index (Phi) is 11.0. The molecule has 4 nitrogen and oxygen atoms in total. The van der Waals surface area contributed by atoms with Gasteiger partial charge >= 0.3 is 0 Å². The van der Waals surface area contributed by atoms with E-state index in [0.717, 1.165) is 27.8 Å². The van der Waals surface area contributed by atoms with Crippen LogP contribution in [0.3, 0.4) is 0 Å². The lowest BCUT2D eigenvalue weighted by molar-refractivity contribution is 0.373. The fourth-order valence-corrected chi connectivity index (χ4v) is 2.47. The Hall–Kier alpha value is -3.14. The zero-order chi connectivity index (χ0) is 21.3. The van der Waals surface area contributed by atoms with Crippen molar-refractivity contribution in [3.05, 3.63) is 82.4 Å². The number of methoxy groups -OCH3 is 1. The van der Waals surface area contributed by atoms with Gasteiger partial charge in [0.05, 0.1) is 7.11 Å². The highest BCUT2D eigenvalue weighted by molar-refractivity contribution is 5.41. The molecule has 0 amide bonds. The third-order valence-electron chi connectivity index (χ3n) is 3.91. The highest BCUT2D eigenvalue weighted by Gasteiger charge is 1.97. The van der Waals surface area contributed by atoms with Crippen LogP contribution in [-0.4, -0.2) is 22.4 Å². The molecule has 0 heterocycles. The van der Waals surface area contributed by atoms with E-state index in [-0.39, 0.29) is 13.2 Å². The first-order chi connectivity index (χ1) is 13.1. The third-order valence-corrected chi connectivity index (χ3v) is 3.91. The van der Waals surface area contributed by atoms with Crippen molar-refractivity contribution in [2.45, 2.75) is 42.0 Å². The molecule has 0 atom stereocenters. The van der Waals surface area contributed by atoms with Gasteiger partial charge in [0, 0.05) is 0 Å². The summed E-state index contributed by atoms with van der Waals surface area (Å²) in [5, 5.41) is 27.3. The van der Waals surface area contributed by atoms with Crippen LogP contribution in [0.1, 0.15) is 35.2 Å². The van der Waals surface area contributed by atoms with Crippen molar-refractivity contribution >= 4 is 0 Å². The van der Waals surface area contributed by atoms with Crippen LogP contribution in [0.2, 0.25) is 0 Å². The average molecular weight is 399 g/mol. The first-order valence-corrected chi connectivity index (χ1v) is 8.99. The molecule has 0 unspecified atom stereocenters. The predicted molar refractivity (Wildman–Crippen MR) is 121 cm³/mol. The first kappa shape index (κ1) is 25.9. The van der Waals surface area contributed by atoms with Crippen LogP contribution in [-0.2, 0) is 0 Å². The smallest absolute Gasteiger partial charge is 0.160 e. The molecule has 0 saturated heterocycles. The summed E-state index contributed by atoms with van der Waals surface area (Å²) in [5.41, 5.74) is 5.26. The van der Waals surface area contributed by atoms with E-state index in [1.54, 1.807) is 30.3 Å². The minimum absolute atomic E-state index is 0. The number of aromatic hydroxyl groups is 3. The third kappa shape index (κ3) is 9.56. The summed E-state index contributed by atoms with van der Waals surface area (Å²) >= 11 is 0. The fourth-order valence-electron chi connectivity index (χ4n) is 2.47. The second kappa shape index (κ2) is 12.3. The normalized spacial score (nSPS) is 9.17. The molecule has 3 rings (SSSR count). The maximum Gasteiger partial charge on any atom is 0.160 e. The topological polar surface area (TPSA) is 69.9 Å². The van der Waals surface area contributed by atoms with Crippen molar-refractivity contribution in [3.8, 4) is 23.0 Å². The van der Waals surface area contributed by atoms with E-state index in [4.69, 9.17) is 20.1 Å². The molecular formula is C25H34O4. The lowest BCUT2D eigenvalue weighted by Crippen LogP contribution is -1.82. The first-order valence-electron chi connectivity index (χ1n) is 8.99. The average Bonchev–Trinajstić information content (AvgIpc) is 2.58. The van der Waals surface area contributed by atoms with Crippen molar-refractivity contribution < 1.29 is 20.1 Å². The monoisotopic (exact) mass is 398 g/mol.